The SMILES string of the molecule is CC(C)(C)OC(=O)N1CCN(c2ccc3c(c2)c(C(F)F)cn3S(=O)(=O)c2ccc(Br)cc2)CC1. The summed E-state index contributed by atoms with van der Waals surface area (Å²) >= 11 is 3.27. The number of benzene rings is 2. The second kappa shape index (κ2) is 9.42. The van der Waals surface area contributed by atoms with E-state index >= 15 is 0 Å². The van der Waals surface area contributed by atoms with Gasteiger partial charge in [0.25, 0.3) is 16.4 Å². The summed E-state index contributed by atoms with van der Waals surface area (Å²) in [5.74, 6) is 0. The largest absolute Gasteiger partial charge is 0.444 e. The highest BCUT2D eigenvalue weighted by Gasteiger charge is 2.28. The van der Waals surface area contributed by atoms with Crippen molar-refractivity contribution in [3.63, 3.8) is 0 Å². The zero-order valence-corrected chi connectivity index (χ0v) is 21.9. The third-order valence-electron chi connectivity index (χ3n) is 5.69. The molecule has 4 rings (SSSR count). The Balaban J connectivity index is 1.63. The molecular formula is C24H26BrF2N3O4S. The van der Waals surface area contributed by atoms with E-state index in [9.17, 15) is 22.0 Å². The highest BCUT2D eigenvalue weighted by molar-refractivity contribution is 9.10. The van der Waals surface area contributed by atoms with Gasteiger partial charge in [0.2, 0.25) is 0 Å². The van der Waals surface area contributed by atoms with Crippen LogP contribution in [0.5, 0.6) is 0 Å². The number of alkyl halides is 2. The second-order valence-electron chi connectivity index (χ2n) is 9.30. The van der Waals surface area contributed by atoms with Crippen LogP contribution in [-0.4, -0.2) is 55.2 Å². The Morgan fingerprint density at radius 2 is 1.66 bits per heavy atom. The number of halogens is 3. The Labute approximate surface area is 211 Å². The first kappa shape index (κ1) is 25.4. The van der Waals surface area contributed by atoms with Crippen LogP contribution in [0.2, 0.25) is 0 Å². The van der Waals surface area contributed by atoms with Crippen LogP contribution < -0.4 is 4.90 Å². The third kappa shape index (κ3) is 5.30. The van der Waals surface area contributed by atoms with Crippen LogP contribution in [-0.2, 0) is 14.8 Å². The number of anilines is 1. The van der Waals surface area contributed by atoms with Gasteiger partial charge in [0, 0.05) is 53.5 Å². The van der Waals surface area contributed by atoms with E-state index in [0.29, 0.717) is 36.3 Å². The first-order chi connectivity index (χ1) is 16.4. The molecule has 1 aliphatic rings. The lowest BCUT2D eigenvalue weighted by atomic mass is 10.1. The summed E-state index contributed by atoms with van der Waals surface area (Å²) in [4.78, 5) is 15.9. The minimum Gasteiger partial charge on any atom is -0.444 e. The number of nitrogens with zero attached hydrogens (tertiary/aromatic N) is 3. The van der Waals surface area contributed by atoms with E-state index in [1.165, 1.54) is 12.1 Å². The zero-order valence-electron chi connectivity index (χ0n) is 19.5. The molecule has 11 heteroatoms. The number of carbonyl (C=O) groups excluding carboxylic acids is 1. The molecule has 35 heavy (non-hydrogen) atoms. The minimum absolute atomic E-state index is 0.000702. The summed E-state index contributed by atoms with van der Waals surface area (Å²) in [5, 5.41) is 0.174. The zero-order chi connectivity index (χ0) is 25.5. The van der Waals surface area contributed by atoms with Crippen molar-refractivity contribution in [1.29, 1.82) is 0 Å². The van der Waals surface area contributed by atoms with E-state index in [0.717, 1.165) is 10.2 Å². The normalized spacial score (nSPS) is 15.2. The summed E-state index contributed by atoms with van der Waals surface area (Å²) in [6.07, 6.45) is -2.24. The number of ether oxygens (including phenoxy) is 1. The molecule has 0 bridgehead atoms. The summed E-state index contributed by atoms with van der Waals surface area (Å²) in [6, 6.07) is 10.9. The summed E-state index contributed by atoms with van der Waals surface area (Å²) in [6.45, 7) is 7.25. The van der Waals surface area contributed by atoms with E-state index in [1.807, 2.05) is 4.90 Å². The van der Waals surface area contributed by atoms with Crippen LogP contribution in [0.3, 0.4) is 0 Å². The first-order valence-electron chi connectivity index (χ1n) is 11.0. The Morgan fingerprint density at radius 1 is 1.03 bits per heavy atom. The molecule has 0 saturated carbocycles. The van der Waals surface area contributed by atoms with Crippen molar-refractivity contribution in [2.24, 2.45) is 0 Å². The summed E-state index contributed by atoms with van der Waals surface area (Å²) in [5.41, 5.74) is -0.0781. The lowest BCUT2D eigenvalue weighted by molar-refractivity contribution is 0.0240. The van der Waals surface area contributed by atoms with Gasteiger partial charge in [-0.25, -0.2) is 26.0 Å². The number of hydrogen-bond donors (Lipinski definition) is 0. The molecule has 1 saturated heterocycles. The average Bonchev–Trinajstić information content (AvgIpc) is 3.18. The molecule has 1 aromatic heterocycles. The van der Waals surface area contributed by atoms with Crippen molar-refractivity contribution >= 4 is 48.6 Å². The number of aromatic nitrogens is 1. The van der Waals surface area contributed by atoms with Crippen molar-refractivity contribution in [2.75, 3.05) is 31.1 Å². The van der Waals surface area contributed by atoms with Gasteiger partial charge in [-0.1, -0.05) is 15.9 Å². The van der Waals surface area contributed by atoms with Gasteiger partial charge in [0.1, 0.15) is 5.60 Å². The van der Waals surface area contributed by atoms with Gasteiger partial charge in [-0.2, -0.15) is 0 Å². The average molecular weight is 570 g/mol. The Hall–Kier alpha value is -2.66. The van der Waals surface area contributed by atoms with Gasteiger partial charge >= 0.3 is 6.09 Å². The molecule has 0 N–H and O–H groups in total. The molecule has 0 radical (unpaired) electrons. The fraction of sp³-hybridized carbons (Fsp3) is 0.375. The van der Waals surface area contributed by atoms with Crippen LogP contribution in [0.1, 0.15) is 32.8 Å². The molecule has 1 aliphatic heterocycles. The monoisotopic (exact) mass is 569 g/mol. The molecule has 0 spiro atoms. The molecule has 2 heterocycles. The Kier molecular flexibility index (Phi) is 6.85. The van der Waals surface area contributed by atoms with Crippen LogP contribution in [0.15, 0.2) is 58.0 Å². The molecular weight excluding hydrogens is 544 g/mol. The molecule has 7 nitrogen and oxygen atoms in total. The van der Waals surface area contributed by atoms with Crippen LogP contribution >= 0.6 is 15.9 Å². The van der Waals surface area contributed by atoms with Gasteiger partial charge in [0.15, 0.2) is 0 Å². The molecule has 1 amide bonds. The lowest BCUT2D eigenvalue weighted by Gasteiger charge is -2.36. The molecule has 2 aromatic carbocycles. The van der Waals surface area contributed by atoms with Gasteiger partial charge < -0.3 is 14.5 Å². The molecule has 3 aromatic rings. The van der Waals surface area contributed by atoms with Gasteiger partial charge in [-0.05, 0) is 63.2 Å². The highest BCUT2D eigenvalue weighted by atomic mass is 79.9. The fourth-order valence-corrected chi connectivity index (χ4v) is 5.62. The topological polar surface area (TPSA) is 71.8 Å². The first-order valence-corrected chi connectivity index (χ1v) is 13.3. The van der Waals surface area contributed by atoms with Crippen molar-refractivity contribution in [3.05, 3.63) is 58.7 Å². The number of rotatable bonds is 4. The van der Waals surface area contributed by atoms with Crippen LogP contribution in [0, 0.1) is 0 Å². The van der Waals surface area contributed by atoms with Crippen molar-refractivity contribution in [3.8, 4) is 0 Å². The maximum Gasteiger partial charge on any atom is 0.410 e. The number of piperazine rings is 1. The number of fused-ring (bicyclic) bond motifs is 1. The van der Waals surface area contributed by atoms with Gasteiger partial charge in [0.05, 0.1) is 10.4 Å². The predicted octanol–water partition coefficient (Wildman–Crippen LogP) is 5.64. The maximum absolute atomic E-state index is 13.9. The minimum atomic E-state index is -4.07. The number of hydrogen-bond acceptors (Lipinski definition) is 5. The Morgan fingerprint density at radius 3 is 2.23 bits per heavy atom. The van der Waals surface area contributed by atoms with E-state index in [1.54, 1.807) is 56.0 Å². The predicted molar refractivity (Wildman–Crippen MR) is 134 cm³/mol. The highest BCUT2D eigenvalue weighted by Crippen LogP contribution is 2.35. The maximum atomic E-state index is 13.9. The van der Waals surface area contributed by atoms with Crippen LogP contribution in [0.25, 0.3) is 10.9 Å². The third-order valence-corrected chi connectivity index (χ3v) is 7.90. The van der Waals surface area contributed by atoms with E-state index in [2.05, 4.69) is 15.9 Å². The Bertz CT molecular complexity index is 1340. The van der Waals surface area contributed by atoms with Crippen molar-refractivity contribution in [1.82, 2.24) is 8.87 Å². The van der Waals surface area contributed by atoms with Crippen molar-refractivity contribution in [2.45, 2.75) is 37.7 Å². The summed E-state index contributed by atoms with van der Waals surface area (Å²) < 4.78 is 61.3. The van der Waals surface area contributed by atoms with Gasteiger partial charge in [-0.15, -0.1) is 0 Å². The molecule has 0 aliphatic carbocycles. The number of amides is 1. The summed E-state index contributed by atoms with van der Waals surface area (Å²) in [7, 11) is -4.07. The van der Waals surface area contributed by atoms with Gasteiger partial charge in [-0.3, -0.25) is 0 Å². The smallest absolute Gasteiger partial charge is 0.410 e. The molecule has 0 atom stereocenters. The van der Waals surface area contributed by atoms with Crippen molar-refractivity contribution < 1.29 is 26.7 Å². The van der Waals surface area contributed by atoms with E-state index in [4.69, 9.17) is 4.74 Å². The lowest BCUT2D eigenvalue weighted by Crippen LogP contribution is -2.50. The van der Waals surface area contributed by atoms with Crippen LogP contribution in [0.4, 0.5) is 19.3 Å². The second-order valence-corrected chi connectivity index (χ2v) is 12.0. The number of carbonyl (C=O) groups is 1. The van der Waals surface area contributed by atoms with E-state index in [-0.39, 0.29) is 27.5 Å². The molecule has 188 valence electrons. The quantitative estimate of drug-likeness (QED) is 0.407. The molecule has 0 unspecified atom stereocenters. The fourth-order valence-electron chi connectivity index (χ4n) is 3.98. The van der Waals surface area contributed by atoms with E-state index < -0.39 is 22.0 Å². The standard InChI is InChI=1S/C24H26BrF2N3O4S/c1-24(2,3)34-23(31)29-12-10-28(11-13-29)17-6-9-21-19(14-17)20(22(26)27)15-30(21)35(32,33)18-7-4-16(25)5-8-18/h4-9,14-15,22H,10-13H2,1-3H3. The molecule has 1 fully saturated rings.